The van der Waals surface area contributed by atoms with Crippen molar-refractivity contribution < 1.29 is 105 Å². The second-order valence-electron chi connectivity index (χ2n) is 31.4. The average molecular weight is 1610 g/mol. The van der Waals surface area contributed by atoms with Crippen LogP contribution in [0.5, 0.6) is 0 Å². The molecule has 0 saturated carbocycles. The van der Waals surface area contributed by atoms with E-state index in [4.69, 9.17) is 56.8 Å². The zero-order chi connectivity index (χ0) is 83.8. The number of unbranched alkanes of at least 4 members (excludes halogenated alkanes) is 5. The molecule has 112 heavy (non-hydrogen) atoms. The SMILES string of the molecule is CCCCCCCC[C@H](NC(=O)[C@@H]1CCCN1C(=O)OCCOCCOCCOCCOCCOCCOCCOCCOCCOCCOCCOCCC)C(=O)N[C@@H](CC(C)C)C(=O)NC(C)(C)C(=O)N[C@@H](CC(C)C)C(=O)N[C@@H](CC(C)C)C(=O)NC(C)(C)C(=O)NC(C)(C)C(=O)NCCC(=O)N[C@@H](C)CN(C)C. The highest BCUT2D eigenvalue weighted by Crippen LogP contribution is 2.21. The molecule has 652 valence electrons. The van der Waals surface area contributed by atoms with E-state index in [0.717, 1.165) is 45.1 Å². The molecule has 9 N–H and O–H groups in total. The molecule has 33 nitrogen and oxygen atoms in total. The maximum absolute atomic E-state index is 14.5. The summed E-state index contributed by atoms with van der Waals surface area (Å²) in [7, 11) is 3.79. The minimum absolute atomic E-state index is 0.0181. The van der Waals surface area contributed by atoms with E-state index in [9.17, 15) is 47.9 Å². The third-order valence-corrected chi connectivity index (χ3v) is 17.5. The van der Waals surface area contributed by atoms with Gasteiger partial charge < -0.3 is 110 Å². The molecule has 0 bridgehead atoms. The Morgan fingerprint density at radius 2 is 0.768 bits per heavy atom. The first kappa shape index (κ1) is 104. The molecule has 1 saturated heterocycles. The summed E-state index contributed by atoms with van der Waals surface area (Å²) >= 11 is 0. The second kappa shape index (κ2) is 61.4. The molecule has 1 heterocycles. The van der Waals surface area contributed by atoms with Gasteiger partial charge in [0.25, 0.3) is 0 Å². The fourth-order valence-electron chi connectivity index (χ4n) is 11.5. The van der Waals surface area contributed by atoms with Crippen LogP contribution in [0.4, 0.5) is 4.79 Å². The van der Waals surface area contributed by atoms with Gasteiger partial charge in [-0.3, -0.25) is 48.1 Å². The van der Waals surface area contributed by atoms with Crippen molar-refractivity contribution in [3.8, 4) is 0 Å². The van der Waals surface area contributed by atoms with Gasteiger partial charge in [0.2, 0.25) is 53.2 Å². The van der Waals surface area contributed by atoms with Crippen molar-refractivity contribution in [2.45, 2.75) is 247 Å². The summed E-state index contributed by atoms with van der Waals surface area (Å²) in [5.41, 5.74) is -4.74. The lowest BCUT2D eigenvalue weighted by Gasteiger charge is -2.34. The van der Waals surface area contributed by atoms with Gasteiger partial charge in [0.15, 0.2) is 0 Å². The standard InChI is InChI=1S/C79H149N11O22/c1-18-20-21-22-23-24-26-62(82-72(96)66-27-25-30-90(66)76(100)112-53-52-111-51-50-110-49-48-109-47-46-108-45-44-107-43-42-106-41-40-105-39-38-104-37-36-103-35-34-102-33-32-101-31-19-2)68(92)83-64(55-59(5)6)70(94)86-78(12,13)74(98)85-63(54-58(3)4)69(93)84-65(56-60(7)8)71(95)87-79(14,15)75(99)88-77(10,11)73(97)80-29-28-67(91)81-61(9)57-89(16)17/h58-66H,18-57H2,1-17H3,(H,80,97)(H,81,91)(H,82,96)(H,83,92)(H,84,93)(H,85,98)(H,86,94)(H,87,95)(H,88,99)/t61-,62-,63-,64-,65-,66-/m0/s1. The molecule has 0 unspecified atom stereocenters. The summed E-state index contributed by atoms with van der Waals surface area (Å²) in [6.45, 7) is 36.6. The smallest absolute Gasteiger partial charge is 0.410 e. The van der Waals surface area contributed by atoms with Crippen molar-refractivity contribution in [3.63, 3.8) is 0 Å². The third kappa shape index (κ3) is 50.4. The van der Waals surface area contributed by atoms with Gasteiger partial charge in [-0.25, -0.2) is 4.79 Å². The van der Waals surface area contributed by atoms with Gasteiger partial charge in [0, 0.05) is 38.7 Å². The lowest BCUT2D eigenvalue weighted by Crippen LogP contribution is -2.65. The lowest BCUT2D eigenvalue weighted by atomic mass is 9.96. The van der Waals surface area contributed by atoms with Crippen LogP contribution in [0.1, 0.15) is 194 Å². The molecule has 0 aromatic rings. The molecular formula is C79H149N11O22. The van der Waals surface area contributed by atoms with Crippen LogP contribution in [0.25, 0.3) is 0 Å². The number of likely N-dealkylation sites (tertiary alicyclic amines) is 1. The van der Waals surface area contributed by atoms with Crippen LogP contribution in [-0.2, 0) is 100.0 Å². The number of likely N-dealkylation sites (N-methyl/N-ethyl adjacent to an activating group) is 1. The van der Waals surface area contributed by atoms with Crippen molar-refractivity contribution in [3.05, 3.63) is 0 Å². The van der Waals surface area contributed by atoms with E-state index in [-0.39, 0.29) is 101 Å². The number of ether oxygens (including phenoxy) is 12. The first-order chi connectivity index (χ1) is 53.2. The average Bonchev–Trinajstić information content (AvgIpc) is 1.34. The zero-order valence-corrected chi connectivity index (χ0v) is 71.4. The fourth-order valence-corrected chi connectivity index (χ4v) is 11.5. The Labute approximate surface area is 669 Å². The van der Waals surface area contributed by atoms with Gasteiger partial charge in [-0.05, 0) is 125 Å². The molecule has 6 atom stereocenters. The Hall–Kier alpha value is -5.98. The molecule has 33 heteroatoms. The number of amides is 10. The molecule has 1 aliphatic heterocycles. The predicted octanol–water partition coefficient (Wildman–Crippen LogP) is 4.27. The first-order valence-corrected chi connectivity index (χ1v) is 40.9. The molecule has 0 aliphatic carbocycles. The predicted molar refractivity (Wildman–Crippen MR) is 425 cm³/mol. The maximum atomic E-state index is 14.5. The van der Waals surface area contributed by atoms with Crippen LogP contribution in [0.3, 0.4) is 0 Å². The van der Waals surface area contributed by atoms with Gasteiger partial charge in [0.05, 0.1) is 139 Å². The highest BCUT2D eigenvalue weighted by molar-refractivity contribution is 6.00. The minimum atomic E-state index is -1.67. The van der Waals surface area contributed by atoms with Crippen LogP contribution >= 0.6 is 0 Å². The third-order valence-electron chi connectivity index (χ3n) is 17.5. The highest BCUT2D eigenvalue weighted by Gasteiger charge is 2.42. The second-order valence-corrected chi connectivity index (χ2v) is 31.4. The van der Waals surface area contributed by atoms with Gasteiger partial charge in [0.1, 0.15) is 53.4 Å². The molecule has 1 rings (SSSR count). The van der Waals surface area contributed by atoms with Gasteiger partial charge in [-0.15, -0.1) is 0 Å². The summed E-state index contributed by atoms with van der Waals surface area (Å²) in [4.78, 5) is 142. The summed E-state index contributed by atoms with van der Waals surface area (Å²) in [6.07, 6.45) is 7.27. The Kier molecular flexibility index (Phi) is 57.0. The first-order valence-electron chi connectivity index (χ1n) is 40.9. The molecule has 0 radical (unpaired) electrons. The van der Waals surface area contributed by atoms with Crippen molar-refractivity contribution in [2.24, 2.45) is 17.8 Å². The summed E-state index contributed by atoms with van der Waals surface area (Å²) in [5.74, 6) is -5.87. The molecule has 1 aliphatic rings. The van der Waals surface area contributed by atoms with Crippen molar-refractivity contribution >= 4 is 59.3 Å². The Morgan fingerprint density at radius 3 is 1.17 bits per heavy atom. The van der Waals surface area contributed by atoms with Crippen molar-refractivity contribution in [1.82, 2.24) is 57.7 Å². The molecule has 10 amide bonds. The van der Waals surface area contributed by atoms with E-state index in [1.807, 2.05) is 67.5 Å². The van der Waals surface area contributed by atoms with Gasteiger partial charge >= 0.3 is 6.09 Å². The van der Waals surface area contributed by atoms with Crippen LogP contribution in [0, 0.1) is 17.8 Å². The van der Waals surface area contributed by atoms with E-state index in [1.165, 1.54) is 46.4 Å². The summed E-state index contributed by atoms with van der Waals surface area (Å²) in [5, 5.41) is 25.1. The number of carbonyl (C=O) groups is 10. The van der Waals surface area contributed by atoms with Crippen LogP contribution in [0.2, 0.25) is 0 Å². The van der Waals surface area contributed by atoms with E-state index < -0.39 is 100 Å². The molecular weight excluding hydrogens is 1450 g/mol. The molecule has 0 aromatic heterocycles. The minimum Gasteiger partial charge on any atom is -0.447 e. The quantitative estimate of drug-likeness (QED) is 0.0384. The van der Waals surface area contributed by atoms with Crippen molar-refractivity contribution in [2.75, 3.05) is 186 Å². The number of hydrogen-bond acceptors (Lipinski definition) is 23. The Morgan fingerprint density at radius 1 is 0.402 bits per heavy atom. The van der Waals surface area contributed by atoms with Gasteiger partial charge in [-0.2, -0.15) is 0 Å². The van der Waals surface area contributed by atoms with E-state index in [0.29, 0.717) is 145 Å². The fraction of sp³-hybridized carbons (Fsp3) is 0.873. The van der Waals surface area contributed by atoms with Crippen LogP contribution in [0.15, 0.2) is 0 Å². The maximum Gasteiger partial charge on any atom is 0.410 e. The molecule has 0 aromatic carbocycles. The lowest BCUT2D eigenvalue weighted by molar-refractivity contribution is -0.139. The largest absolute Gasteiger partial charge is 0.447 e. The zero-order valence-electron chi connectivity index (χ0n) is 71.4. The molecule has 1 fully saturated rings. The van der Waals surface area contributed by atoms with Crippen LogP contribution in [-0.4, -0.2) is 308 Å². The summed E-state index contributed by atoms with van der Waals surface area (Å²) < 4.78 is 66.2. The van der Waals surface area contributed by atoms with E-state index in [1.54, 1.807) is 0 Å². The normalized spacial score (nSPS) is 14.7. The topological polar surface area (TPSA) is 396 Å². The number of rotatable bonds is 69. The number of nitrogens with one attached hydrogen (secondary N) is 9. The van der Waals surface area contributed by atoms with E-state index >= 15 is 0 Å². The molecule has 0 spiro atoms. The Bertz CT molecular complexity index is 2620. The van der Waals surface area contributed by atoms with Crippen molar-refractivity contribution in [1.29, 1.82) is 0 Å². The van der Waals surface area contributed by atoms with E-state index in [2.05, 4.69) is 61.7 Å². The number of carbonyl (C=O) groups excluding carboxylic acids is 10. The monoisotopic (exact) mass is 1600 g/mol. The van der Waals surface area contributed by atoms with Gasteiger partial charge in [-0.1, -0.05) is 93.9 Å². The number of hydrogen-bond donors (Lipinski definition) is 9. The number of nitrogens with zero attached hydrogens (tertiary/aromatic N) is 2. The van der Waals surface area contributed by atoms with Crippen LogP contribution < -0.4 is 47.9 Å². The highest BCUT2D eigenvalue weighted by atomic mass is 16.6. The Balaban J connectivity index is 2.74. The summed E-state index contributed by atoms with van der Waals surface area (Å²) in [6, 6.07) is -5.66.